The highest BCUT2D eigenvalue weighted by molar-refractivity contribution is 5.95. The average Bonchev–Trinajstić information content (AvgIpc) is 2.75. The summed E-state index contributed by atoms with van der Waals surface area (Å²) in [6, 6.07) is 7.59. The molecule has 1 aromatic rings. The van der Waals surface area contributed by atoms with Gasteiger partial charge in [0.25, 0.3) is 5.91 Å². The van der Waals surface area contributed by atoms with E-state index in [1.165, 1.54) is 0 Å². The van der Waals surface area contributed by atoms with Crippen LogP contribution >= 0.6 is 0 Å². The lowest BCUT2D eigenvalue weighted by molar-refractivity contribution is 0.0743. The van der Waals surface area contributed by atoms with Gasteiger partial charge in [0.15, 0.2) is 0 Å². The van der Waals surface area contributed by atoms with Crippen molar-refractivity contribution in [1.29, 1.82) is 0 Å². The van der Waals surface area contributed by atoms with E-state index in [0.29, 0.717) is 17.5 Å². The van der Waals surface area contributed by atoms with Crippen molar-refractivity contribution in [3.63, 3.8) is 0 Å². The number of amides is 1. The number of rotatable bonds is 1. The Hall–Kier alpha value is -1.79. The molecule has 2 atom stereocenters. The van der Waals surface area contributed by atoms with Crippen LogP contribution in [0.4, 0.5) is 0 Å². The van der Waals surface area contributed by atoms with E-state index in [1.807, 2.05) is 23.1 Å². The molecule has 2 rings (SSSR count). The lowest BCUT2D eigenvalue weighted by atomic mass is 10.1. The number of benzene rings is 1. The highest BCUT2D eigenvalue weighted by atomic mass is 16.2. The molecule has 0 bridgehead atoms. The zero-order valence-corrected chi connectivity index (χ0v) is 11.4. The maximum atomic E-state index is 12.5. The van der Waals surface area contributed by atoms with E-state index in [0.717, 1.165) is 18.5 Å². The molecule has 1 fully saturated rings. The van der Waals surface area contributed by atoms with E-state index in [-0.39, 0.29) is 12.5 Å². The Morgan fingerprint density at radius 1 is 1.47 bits per heavy atom. The predicted octanol–water partition coefficient (Wildman–Crippen LogP) is 1.90. The van der Waals surface area contributed by atoms with Gasteiger partial charge in [-0.25, -0.2) is 0 Å². The molecule has 1 amide bonds. The van der Waals surface area contributed by atoms with Gasteiger partial charge in [-0.05, 0) is 37.5 Å². The van der Waals surface area contributed by atoms with Gasteiger partial charge in [0.2, 0.25) is 0 Å². The Labute approximate surface area is 114 Å². The van der Waals surface area contributed by atoms with Crippen molar-refractivity contribution < 1.29 is 9.90 Å². The predicted molar refractivity (Wildman–Crippen MR) is 74.7 cm³/mol. The highest BCUT2D eigenvalue weighted by Crippen LogP contribution is 2.24. The third-order valence-electron chi connectivity index (χ3n) is 3.47. The van der Waals surface area contributed by atoms with Crippen molar-refractivity contribution in [3.05, 3.63) is 35.4 Å². The molecule has 19 heavy (non-hydrogen) atoms. The molecule has 1 heterocycles. The molecule has 3 nitrogen and oxygen atoms in total. The maximum absolute atomic E-state index is 12.5. The molecule has 1 aliphatic heterocycles. The van der Waals surface area contributed by atoms with Crippen LogP contribution in [0.3, 0.4) is 0 Å². The molecular formula is C16H19NO2. The van der Waals surface area contributed by atoms with Crippen LogP contribution in [0, 0.1) is 17.8 Å². The maximum Gasteiger partial charge on any atom is 0.254 e. The average molecular weight is 257 g/mol. The molecule has 1 aromatic carbocycles. The molecule has 1 aliphatic rings. The first-order chi connectivity index (χ1) is 9.11. The van der Waals surface area contributed by atoms with Crippen LogP contribution in [0.1, 0.15) is 36.2 Å². The van der Waals surface area contributed by atoms with Gasteiger partial charge >= 0.3 is 0 Å². The first-order valence-electron chi connectivity index (χ1n) is 6.62. The summed E-state index contributed by atoms with van der Waals surface area (Å²) in [5, 5.41) is 8.69. The van der Waals surface area contributed by atoms with Crippen molar-refractivity contribution in [2.24, 2.45) is 5.92 Å². The van der Waals surface area contributed by atoms with E-state index in [4.69, 9.17) is 5.11 Å². The summed E-state index contributed by atoms with van der Waals surface area (Å²) in [5.41, 5.74) is 1.44. The fourth-order valence-corrected chi connectivity index (χ4v) is 2.62. The minimum absolute atomic E-state index is 0.0736. The summed E-state index contributed by atoms with van der Waals surface area (Å²) in [5.74, 6) is 6.07. The lowest BCUT2D eigenvalue weighted by Gasteiger charge is -2.21. The van der Waals surface area contributed by atoms with Crippen molar-refractivity contribution in [1.82, 2.24) is 4.90 Å². The van der Waals surface area contributed by atoms with Crippen LogP contribution in [0.25, 0.3) is 0 Å². The number of nitrogens with zero attached hydrogens (tertiary/aromatic N) is 1. The zero-order chi connectivity index (χ0) is 13.8. The van der Waals surface area contributed by atoms with Gasteiger partial charge in [0.05, 0.1) is 0 Å². The molecule has 1 saturated heterocycles. The smallest absolute Gasteiger partial charge is 0.254 e. The second-order valence-corrected chi connectivity index (χ2v) is 5.19. The number of aliphatic hydroxyl groups is 1. The third kappa shape index (κ3) is 3.15. The lowest BCUT2D eigenvalue weighted by Crippen LogP contribution is -2.33. The van der Waals surface area contributed by atoms with Gasteiger partial charge < -0.3 is 10.0 Å². The van der Waals surface area contributed by atoms with Crippen LogP contribution < -0.4 is 0 Å². The van der Waals surface area contributed by atoms with Crippen LogP contribution in [-0.2, 0) is 0 Å². The number of likely N-dealkylation sites (tertiary alicyclic amines) is 1. The van der Waals surface area contributed by atoms with E-state index < -0.39 is 0 Å². The van der Waals surface area contributed by atoms with Gasteiger partial charge in [-0.3, -0.25) is 4.79 Å². The summed E-state index contributed by atoms with van der Waals surface area (Å²) in [4.78, 5) is 14.4. The summed E-state index contributed by atoms with van der Waals surface area (Å²) in [6.07, 6.45) is 1.07. The quantitative estimate of drug-likeness (QED) is 0.781. The normalized spacial score (nSPS) is 21.9. The second-order valence-electron chi connectivity index (χ2n) is 5.19. The van der Waals surface area contributed by atoms with Crippen molar-refractivity contribution >= 4 is 5.91 Å². The van der Waals surface area contributed by atoms with Crippen LogP contribution in [0.15, 0.2) is 24.3 Å². The topological polar surface area (TPSA) is 40.5 Å². The molecule has 0 aliphatic carbocycles. The third-order valence-corrected chi connectivity index (χ3v) is 3.47. The zero-order valence-electron chi connectivity index (χ0n) is 11.4. The largest absolute Gasteiger partial charge is 0.384 e. The monoisotopic (exact) mass is 257 g/mol. The van der Waals surface area contributed by atoms with Gasteiger partial charge in [0.1, 0.15) is 6.61 Å². The molecule has 0 aromatic heterocycles. The first-order valence-corrected chi connectivity index (χ1v) is 6.62. The Morgan fingerprint density at radius 3 is 2.89 bits per heavy atom. The molecule has 3 heteroatoms. The van der Waals surface area contributed by atoms with Crippen LogP contribution in [0.5, 0.6) is 0 Å². The Bertz CT molecular complexity index is 527. The molecule has 0 saturated carbocycles. The summed E-state index contributed by atoms with van der Waals surface area (Å²) < 4.78 is 0. The van der Waals surface area contributed by atoms with E-state index in [1.54, 1.807) is 6.07 Å². The molecule has 0 spiro atoms. The fourth-order valence-electron chi connectivity index (χ4n) is 2.62. The number of hydrogen-bond acceptors (Lipinski definition) is 2. The van der Waals surface area contributed by atoms with Gasteiger partial charge in [-0.15, -0.1) is 0 Å². The molecule has 0 radical (unpaired) electrons. The first kappa shape index (κ1) is 13.6. The standard InChI is InChI=1S/C16H19NO2/c1-12-9-13(2)17(11-12)16(19)15-7-3-5-14(10-15)6-4-8-18/h3,5,7,10,12-13,18H,8-9,11H2,1-2H3. The highest BCUT2D eigenvalue weighted by Gasteiger charge is 2.30. The Morgan fingerprint density at radius 2 is 2.26 bits per heavy atom. The summed E-state index contributed by atoms with van der Waals surface area (Å²) in [6.45, 7) is 4.93. The number of hydrogen-bond donors (Lipinski definition) is 1. The molecule has 100 valence electrons. The van der Waals surface area contributed by atoms with Crippen LogP contribution in [0.2, 0.25) is 0 Å². The second kappa shape index (κ2) is 5.90. The summed E-state index contributed by atoms with van der Waals surface area (Å²) in [7, 11) is 0. The van der Waals surface area contributed by atoms with Crippen molar-refractivity contribution in [2.75, 3.05) is 13.2 Å². The SMILES string of the molecule is CC1CC(C)N(C(=O)c2cccc(C#CCO)c2)C1. The van der Waals surface area contributed by atoms with E-state index >= 15 is 0 Å². The number of carbonyl (C=O) groups is 1. The summed E-state index contributed by atoms with van der Waals surface area (Å²) >= 11 is 0. The fraction of sp³-hybridized carbons (Fsp3) is 0.438. The Kier molecular flexibility index (Phi) is 4.24. The van der Waals surface area contributed by atoms with Crippen molar-refractivity contribution in [3.8, 4) is 11.8 Å². The van der Waals surface area contributed by atoms with Crippen molar-refractivity contribution in [2.45, 2.75) is 26.3 Å². The number of carbonyl (C=O) groups excluding carboxylic acids is 1. The molecular weight excluding hydrogens is 238 g/mol. The van der Waals surface area contributed by atoms with E-state index in [9.17, 15) is 4.79 Å². The van der Waals surface area contributed by atoms with Gasteiger partial charge in [-0.2, -0.15) is 0 Å². The number of aliphatic hydroxyl groups excluding tert-OH is 1. The van der Waals surface area contributed by atoms with Gasteiger partial charge in [0, 0.05) is 23.7 Å². The minimum Gasteiger partial charge on any atom is -0.384 e. The van der Waals surface area contributed by atoms with Gasteiger partial charge in [-0.1, -0.05) is 24.8 Å². The molecule has 1 N–H and O–H groups in total. The van der Waals surface area contributed by atoms with E-state index in [2.05, 4.69) is 25.7 Å². The minimum atomic E-state index is -0.168. The van der Waals surface area contributed by atoms with Crippen LogP contribution in [-0.4, -0.2) is 35.1 Å². The molecule has 2 unspecified atom stereocenters. The Balaban J connectivity index is 2.19.